The molecule has 2 nitrogen and oxygen atoms in total. The second-order valence-corrected chi connectivity index (χ2v) is 5.15. The van der Waals surface area contributed by atoms with Gasteiger partial charge in [0.15, 0.2) is 0 Å². The molecule has 3 saturated heterocycles. The Kier molecular flexibility index (Phi) is 1.07. The van der Waals surface area contributed by atoms with Crippen LogP contribution in [0.5, 0.6) is 0 Å². The third-order valence-electron chi connectivity index (χ3n) is 3.91. The molecule has 4 fully saturated rings. The van der Waals surface area contributed by atoms with Gasteiger partial charge in [0.25, 0.3) is 0 Å². The number of carbonyl (C=O) groups is 1. The molecule has 3 atom stereocenters. The van der Waals surface area contributed by atoms with Crippen LogP contribution in [0, 0.1) is 17.3 Å². The number of hydrogen-bond donors (Lipinski definition) is 0. The molecule has 1 amide bonds. The molecular weight excluding hydrogens is 150 g/mol. The molecule has 66 valence electrons. The van der Waals surface area contributed by atoms with Crippen LogP contribution in [0.15, 0.2) is 0 Å². The maximum absolute atomic E-state index is 11.8. The molecule has 0 spiro atoms. The standard InChI is InChI=1S/C10H15NO/c1-10-3-7-2-8(4-10)6-11(5-7)9(10)12/h7-8H,2-6H2,1H3/t7-,8+,10?. The fraction of sp³-hybridized carbons (Fsp3) is 0.900. The zero-order valence-electron chi connectivity index (χ0n) is 7.55. The molecule has 0 aromatic heterocycles. The summed E-state index contributed by atoms with van der Waals surface area (Å²) in [4.78, 5) is 13.9. The SMILES string of the molecule is CC12C[C@@H]3C[C@@H](CN(C3)C1=O)C2. The molecule has 0 aromatic rings. The van der Waals surface area contributed by atoms with Gasteiger partial charge in [-0.2, -0.15) is 0 Å². The highest BCUT2D eigenvalue weighted by Gasteiger charge is 2.53. The van der Waals surface area contributed by atoms with Gasteiger partial charge < -0.3 is 4.90 Å². The van der Waals surface area contributed by atoms with E-state index in [-0.39, 0.29) is 5.41 Å². The van der Waals surface area contributed by atoms with Crippen LogP contribution in [0.25, 0.3) is 0 Å². The summed E-state index contributed by atoms with van der Waals surface area (Å²) >= 11 is 0. The van der Waals surface area contributed by atoms with E-state index in [0.29, 0.717) is 5.91 Å². The molecule has 4 rings (SSSR count). The minimum atomic E-state index is 0.0457. The van der Waals surface area contributed by atoms with Gasteiger partial charge in [0, 0.05) is 18.5 Å². The summed E-state index contributed by atoms with van der Waals surface area (Å²) in [7, 11) is 0. The molecule has 0 aromatic carbocycles. The Bertz CT molecular complexity index is 234. The first-order valence-electron chi connectivity index (χ1n) is 4.97. The minimum absolute atomic E-state index is 0.0457. The lowest BCUT2D eigenvalue weighted by atomic mass is 9.60. The van der Waals surface area contributed by atoms with E-state index in [0.717, 1.165) is 24.9 Å². The van der Waals surface area contributed by atoms with E-state index in [1.807, 2.05) is 0 Å². The van der Waals surface area contributed by atoms with Crippen LogP contribution >= 0.6 is 0 Å². The van der Waals surface area contributed by atoms with Crippen LogP contribution in [0.3, 0.4) is 0 Å². The van der Waals surface area contributed by atoms with Crippen molar-refractivity contribution in [1.82, 2.24) is 4.90 Å². The zero-order chi connectivity index (χ0) is 8.34. The van der Waals surface area contributed by atoms with Crippen LogP contribution in [0.2, 0.25) is 0 Å². The number of rotatable bonds is 0. The van der Waals surface area contributed by atoms with Crippen LogP contribution in [-0.4, -0.2) is 23.9 Å². The molecule has 0 N–H and O–H groups in total. The fourth-order valence-corrected chi connectivity index (χ4v) is 3.69. The van der Waals surface area contributed by atoms with Gasteiger partial charge in [-0.3, -0.25) is 4.79 Å². The monoisotopic (exact) mass is 165 g/mol. The number of piperidine rings is 3. The molecular formula is C10H15NO. The molecule has 4 aliphatic rings. The maximum atomic E-state index is 11.8. The predicted octanol–water partition coefficient (Wildman–Crippen LogP) is 1.26. The van der Waals surface area contributed by atoms with Gasteiger partial charge in [0.2, 0.25) is 5.91 Å². The van der Waals surface area contributed by atoms with Crippen LogP contribution in [0.4, 0.5) is 0 Å². The number of carbonyl (C=O) groups excluding carboxylic acids is 1. The van der Waals surface area contributed by atoms with Crippen molar-refractivity contribution in [2.45, 2.75) is 26.2 Å². The minimum Gasteiger partial charge on any atom is -0.342 e. The quantitative estimate of drug-likeness (QED) is 0.529. The second-order valence-electron chi connectivity index (χ2n) is 5.15. The van der Waals surface area contributed by atoms with Crippen LogP contribution in [-0.2, 0) is 4.79 Å². The van der Waals surface area contributed by atoms with Crippen molar-refractivity contribution >= 4 is 5.91 Å². The summed E-state index contributed by atoms with van der Waals surface area (Å²) in [5.41, 5.74) is 0.0457. The van der Waals surface area contributed by atoms with E-state index >= 15 is 0 Å². The van der Waals surface area contributed by atoms with Crippen LogP contribution in [0.1, 0.15) is 26.2 Å². The maximum Gasteiger partial charge on any atom is 0.228 e. The number of amides is 1. The third-order valence-corrected chi connectivity index (χ3v) is 3.91. The van der Waals surface area contributed by atoms with E-state index in [1.165, 1.54) is 19.3 Å². The van der Waals surface area contributed by atoms with Crippen molar-refractivity contribution in [1.29, 1.82) is 0 Å². The van der Waals surface area contributed by atoms with E-state index in [2.05, 4.69) is 11.8 Å². The highest BCUT2D eigenvalue weighted by atomic mass is 16.2. The Morgan fingerprint density at radius 2 is 1.92 bits per heavy atom. The average Bonchev–Trinajstić information content (AvgIpc) is 1.98. The van der Waals surface area contributed by atoms with Gasteiger partial charge in [0.1, 0.15) is 0 Å². The average molecular weight is 165 g/mol. The smallest absolute Gasteiger partial charge is 0.228 e. The predicted molar refractivity (Wildman–Crippen MR) is 45.5 cm³/mol. The molecule has 3 heterocycles. The normalized spacial score (nSPS) is 50.4. The van der Waals surface area contributed by atoms with E-state index < -0.39 is 0 Å². The third kappa shape index (κ3) is 0.686. The van der Waals surface area contributed by atoms with Gasteiger partial charge in [-0.25, -0.2) is 0 Å². The van der Waals surface area contributed by atoms with Crippen LogP contribution < -0.4 is 0 Å². The lowest BCUT2D eigenvalue weighted by molar-refractivity contribution is -0.164. The van der Waals surface area contributed by atoms with Gasteiger partial charge in [-0.15, -0.1) is 0 Å². The lowest BCUT2D eigenvalue weighted by Crippen LogP contribution is -2.61. The summed E-state index contributed by atoms with van der Waals surface area (Å²) in [6.45, 7) is 4.29. The summed E-state index contributed by atoms with van der Waals surface area (Å²) in [5, 5.41) is 0. The van der Waals surface area contributed by atoms with Crippen molar-refractivity contribution in [3.63, 3.8) is 0 Å². The molecule has 2 heteroatoms. The van der Waals surface area contributed by atoms with Crippen molar-refractivity contribution in [2.75, 3.05) is 13.1 Å². The first-order valence-corrected chi connectivity index (χ1v) is 4.97. The highest BCUT2D eigenvalue weighted by molar-refractivity contribution is 5.84. The molecule has 1 saturated carbocycles. The van der Waals surface area contributed by atoms with Gasteiger partial charge in [-0.05, 0) is 31.1 Å². The Balaban J connectivity index is 2.02. The second kappa shape index (κ2) is 1.86. The number of hydrogen-bond acceptors (Lipinski definition) is 1. The van der Waals surface area contributed by atoms with Gasteiger partial charge in [0.05, 0.1) is 0 Å². The molecule has 3 aliphatic heterocycles. The van der Waals surface area contributed by atoms with Crippen molar-refractivity contribution in [3.8, 4) is 0 Å². The molecule has 0 radical (unpaired) electrons. The van der Waals surface area contributed by atoms with E-state index in [4.69, 9.17) is 0 Å². The van der Waals surface area contributed by atoms with Gasteiger partial charge >= 0.3 is 0 Å². The molecule has 12 heavy (non-hydrogen) atoms. The zero-order valence-corrected chi connectivity index (χ0v) is 7.55. The van der Waals surface area contributed by atoms with Crippen molar-refractivity contribution in [2.24, 2.45) is 17.3 Å². The lowest BCUT2D eigenvalue weighted by Gasteiger charge is -2.55. The summed E-state index contributed by atoms with van der Waals surface area (Å²) < 4.78 is 0. The van der Waals surface area contributed by atoms with Crippen molar-refractivity contribution in [3.05, 3.63) is 0 Å². The topological polar surface area (TPSA) is 20.3 Å². The Labute approximate surface area is 72.9 Å². The Morgan fingerprint density at radius 1 is 1.33 bits per heavy atom. The summed E-state index contributed by atoms with van der Waals surface area (Å²) in [6.07, 6.45) is 3.72. The van der Waals surface area contributed by atoms with E-state index in [1.54, 1.807) is 0 Å². The largest absolute Gasteiger partial charge is 0.342 e. The number of nitrogens with zero attached hydrogens (tertiary/aromatic N) is 1. The summed E-state index contributed by atoms with van der Waals surface area (Å²) in [5.74, 6) is 2.11. The summed E-state index contributed by atoms with van der Waals surface area (Å²) in [6, 6.07) is 0. The highest BCUT2D eigenvalue weighted by Crippen LogP contribution is 2.51. The molecule has 1 unspecified atom stereocenters. The fourth-order valence-electron chi connectivity index (χ4n) is 3.69. The van der Waals surface area contributed by atoms with Gasteiger partial charge in [-0.1, -0.05) is 6.92 Å². The Hall–Kier alpha value is -0.530. The Morgan fingerprint density at radius 3 is 2.42 bits per heavy atom. The molecule has 1 aliphatic carbocycles. The van der Waals surface area contributed by atoms with Crippen molar-refractivity contribution < 1.29 is 4.79 Å². The molecule has 4 bridgehead atoms. The first kappa shape index (κ1) is 6.93. The van der Waals surface area contributed by atoms with E-state index in [9.17, 15) is 4.79 Å². The first-order chi connectivity index (χ1) is 5.67.